The maximum atomic E-state index is 12.3. The Morgan fingerprint density at radius 1 is 1.21 bits per heavy atom. The smallest absolute Gasteiger partial charge is 0.226 e. The molecule has 0 fully saturated rings. The number of anilines is 1. The summed E-state index contributed by atoms with van der Waals surface area (Å²) in [7, 11) is -3.50. The fourth-order valence-electron chi connectivity index (χ4n) is 4.71. The molecule has 3 heterocycles. The van der Waals surface area contributed by atoms with Gasteiger partial charge in [0.2, 0.25) is 5.95 Å². The zero-order chi connectivity index (χ0) is 24.3. The number of hydrogen-bond acceptors (Lipinski definition) is 8. The Hall–Kier alpha value is -2.56. The molecule has 0 spiro atoms. The molecule has 9 nitrogen and oxygen atoms in total. The minimum absolute atomic E-state index is 0.127. The fourth-order valence-corrected chi connectivity index (χ4v) is 5.63. The van der Waals surface area contributed by atoms with Gasteiger partial charge in [-0.25, -0.2) is 23.4 Å². The van der Waals surface area contributed by atoms with Crippen LogP contribution in [0.1, 0.15) is 56.4 Å². The first-order valence-electron chi connectivity index (χ1n) is 11.0. The number of rotatable bonds is 5. The van der Waals surface area contributed by atoms with Gasteiger partial charge in [0.15, 0.2) is 9.84 Å². The van der Waals surface area contributed by atoms with Gasteiger partial charge in [0.1, 0.15) is 5.82 Å². The number of fused-ring (bicyclic) bond motifs is 3. The summed E-state index contributed by atoms with van der Waals surface area (Å²) in [4.78, 5) is 16.4. The Balaban J connectivity index is 1.85. The molecule has 0 aliphatic carbocycles. The van der Waals surface area contributed by atoms with Crippen LogP contribution in [0.5, 0.6) is 0 Å². The predicted molar refractivity (Wildman–Crippen MR) is 126 cm³/mol. The van der Waals surface area contributed by atoms with Crippen molar-refractivity contribution in [2.45, 2.75) is 64.3 Å². The number of aromatic nitrogens is 4. The number of benzene rings is 1. The second-order valence-corrected chi connectivity index (χ2v) is 11.6. The normalized spacial score (nSPS) is 17.1. The monoisotopic (exact) mass is 473 g/mol. The molecule has 10 heteroatoms. The van der Waals surface area contributed by atoms with E-state index in [9.17, 15) is 18.6 Å². The number of aliphatic hydroxyl groups excluding tert-OH is 1. The van der Waals surface area contributed by atoms with Crippen molar-refractivity contribution in [3.8, 4) is 0 Å². The van der Waals surface area contributed by atoms with Gasteiger partial charge in [-0.2, -0.15) is 0 Å². The van der Waals surface area contributed by atoms with Crippen molar-refractivity contribution in [3.05, 3.63) is 41.0 Å². The molecule has 0 radical (unpaired) electrons. The third-order valence-electron chi connectivity index (χ3n) is 6.21. The van der Waals surface area contributed by atoms with E-state index in [2.05, 4.69) is 28.3 Å². The Labute approximate surface area is 194 Å². The molecule has 0 saturated heterocycles. The van der Waals surface area contributed by atoms with Gasteiger partial charge >= 0.3 is 0 Å². The summed E-state index contributed by atoms with van der Waals surface area (Å²) in [5.74, 6) is 1.56. The minimum Gasteiger partial charge on any atom is -0.392 e. The molecule has 1 aromatic carbocycles. The zero-order valence-electron chi connectivity index (χ0n) is 19.9. The first-order chi connectivity index (χ1) is 15.3. The van der Waals surface area contributed by atoms with E-state index in [-0.39, 0.29) is 23.5 Å². The van der Waals surface area contributed by atoms with Crippen LogP contribution in [-0.2, 0) is 28.6 Å². The molecule has 0 saturated carbocycles. The summed E-state index contributed by atoms with van der Waals surface area (Å²) >= 11 is 0. The highest BCUT2D eigenvalue weighted by Crippen LogP contribution is 2.37. The average Bonchev–Trinajstić information content (AvgIpc) is 3.07. The summed E-state index contributed by atoms with van der Waals surface area (Å²) in [6.07, 6.45) is 2.83. The quantitative estimate of drug-likeness (QED) is 0.580. The average molecular weight is 474 g/mol. The molecule has 3 aromatic rings. The summed E-state index contributed by atoms with van der Waals surface area (Å²) < 4.78 is 26.7. The molecule has 2 N–H and O–H groups in total. The number of imidazole rings is 1. The van der Waals surface area contributed by atoms with Gasteiger partial charge in [0.05, 0.1) is 34.2 Å². The summed E-state index contributed by atoms with van der Waals surface area (Å²) in [5.41, 5.74) is 2.11. The van der Waals surface area contributed by atoms with Crippen LogP contribution in [0.2, 0.25) is 0 Å². The van der Waals surface area contributed by atoms with Gasteiger partial charge in [0.25, 0.3) is 0 Å². The Kier molecular flexibility index (Phi) is 5.74. The highest BCUT2D eigenvalue weighted by molar-refractivity contribution is 7.90. The molecule has 1 aliphatic heterocycles. The van der Waals surface area contributed by atoms with Gasteiger partial charge in [0, 0.05) is 36.8 Å². The molecule has 0 unspecified atom stereocenters. The van der Waals surface area contributed by atoms with Crippen LogP contribution in [0.25, 0.3) is 11.0 Å². The molecular weight excluding hydrogens is 442 g/mol. The maximum Gasteiger partial charge on any atom is 0.226 e. The van der Waals surface area contributed by atoms with Gasteiger partial charge in [-0.3, -0.25) is 0 Å². The highest BCUT2D eigenvalue weighted by Gasteiger charge is 2.35. The predicted octanol–water partition coefficient (Wildman–Crippen LogP) is 2.48. The molecule has 4 rings (SSSR count). The lowest BCUT2D eigenvalue weighted by molar-refractivity contribution is 0.0770. The number of sulfone groups is 1. The standard InChI is InChI=1S/C23H31N5O4S/c1-13(2)20-21-26-17-9-15(12-29)19(33(6,31)32)10-18(17)27(21)7-8-28(20)22-24-11-16(14(3)25-22)23(4,5)30/h9-11,13,20,29-30H,7-8,12H2,1-6H3/t20-/m1/s1. The molecule has 33 heavy (non-hydrogen) atoms. The Morgan fingerprint density at radius 2 is 1.91 bits per heavy atom. The molecule has 0 amide bonds. The van der Waals surface area contributed by atoms with Crippen molar-refractivity contribution in [2.75, 3.05) is 17.7 Å². The topological polar surface area (TPSA) is 121 Å². The molecule has 178 valence electrons. The molecular formula is C23H31N5O4S. The van der Waals surface area contributed by atoms with E-state index in [1.807, 2.05) is 6.92 Å². The summed E-state index contributed by atoms with van der Waals surface area (Å²) in [5, 5.41) is 20.1. The van der Waals surface area contributed by atoms with Crippen molar-refractivity contribution in [2.24, 2.45) is 5.92 Å². The van der Waals surface area contributed by atoms with Gasteiger partial charge in [-0.05, 0) is 44.4 Å². The minimum atomic E-state index is -3.50. The SMILES string of the molecule is Cc1nc(N2CCn3c(nc4cc(CO)c(S(C)(=O)=O)cc43)[C@H]2C(C)C)ncc1C(C)(C)O. The first kappa shape index (κ1) is 23.6. The van der Waals surface area contributed by atoms with E-state index >= 15 is 0 Å². The van der Waals surface area contributed by atoms with Crippen molar-refractivity contribution >= 4 is 26.8 Å². The van der Waals surface area contributed by atoms with Crippen LogP contribution in [0.3, 0.4) is 0 Å². The fraction of sp³-hybridized carbons (Fsp3) is 0.522. The van der Waals surface area contributed by atoms with Crippen LogP contribution in [0.15, 0.2) is 23.2 Å². The lowest BCUT2D eigenvalue weighted by atomic mass is 9.98. The molecule has 1 aliphatic rings. The highest BCUT2D eigenvalue weighted by atomic mass is 32.2. The van der Waals surface area contributed by atoms with Crippen LogP contribution < -0.4 is 4.90 Å². The first-order valence-corrected chi connectivity index (χ1v) is 12.9. The van der Waals surface area contributed by atoms with E-state index in [1.54, 1.807) is 32.2 Å². The van der Waals surface area contributed by atoms with Crippen LogP contribution in [-0.4, -0.2) is 51.0 Å². The third kappa shape index (κ3) is 4.11. The van der Waals surface area contributed by atoms with Crippen molar-refractivity contribution in [1.29, 1.82) is 0 Å². The third-order valence-corrected chi connectivity index (χ3v) is 7.39. The Morgan fingerprint density at radius 3 is 2.45 bits per heavy atom. The van der Waals surface area contributed by atoms with E-state index in [4.69, 9.17) is 9.97 Å². The van der Waals surface area contributed by atoms with Crippen molar-refractivity contribution in [1.82, 2.24) is 19.5 Å². The lowest BCUT2D eigenvalue weighted by Gasteiger charge is -2.38. The van der Waals surface area contributed by atoms with Crippen LogP contribution >= 0.6 is 0 Å². The van der Waals surface area contributed by atoms with E-state index in [1.165, 1.54) is 0 Å². The largest absolute Gasteiger partial charge is 0.392 e. The molecule has 1 atom stereocenters. The van der Waals surface area contributed by atoms with E-state index in [0.29, 0.717) is 35.7 Å². The van der Waals surface area contributed by atoms with E-state index < -0.39 is 15.4 Å². The lowest BCUT2D eigenvalue weighted by Crippen LogP contribution is -2.42. The van der Waals surface area contributed by atoms with Crippen LogP contribution in [0, 0.1) is 12.8 Å². The second-order valence-electron chi connectivity index (χ2n) is 9.61. The molecule has 2 aromatic heterocycles. The number of nitrogens with zero attached hydrogens (tertiary/aromatic N) is 5. The Bertz CT molecular complexity index is 1320. The maximum absolute atomic E-state index is 12.3. The van der Waals surface area contributed by atoms with Gasteiger partial charge in [-0.1, -0.05) is 13.8 Å². The van der Waals surface area contributed by atoms with Crippen molar-refractivity contribution in [3.63, 3.8) is 0 Å². The number of hydrogen-bond donors (Lipinski definition) is 2. The van der Waals surface area contributed by atoms with Gasteiger partial charge < -0.3 is 19.7 Å². The summed E-state index contributed by atoms with van der Waals surface area (Å²) in [6.45, 7) is 10.3. The van der Waals surface area contributed by atoms with Gasteiger partial charge in [-0.15, -0.1) is 0 Å². The van der Waals surface area contributed by atoms with Crippen LogP contribution in [0.4, 0.5) is 5.95 Å². The van der Waals surface area contributed by atoms with Crippen molar-refractivity contribution < 1.29 is 18.6 Å². The number of aryl methyl sites for hydroxylation is 1. The summed E-state index contributed by atoms with van der Waals surface area (Å²) in [6, 6.07) is 3.16. The van der Waals surface area contributed by atoms with E-state index in [0.717, 1.165) is 23.3 Å². The second kappa shape index (κ2) is 8.03. The zero-order valence-corrected chi connectivity index (χ0v) is 20.7. The number of aliphatic hydroxyl groups is 2. The molecule has 0 bridgehead atoms.